The van der Waals surface area contributed by atoms with Gasteiger partial charge in [-0.1, -0.05) is 23.7 Å². The monoisotopic (exact) mass is 321 g/mol. The van der Waals surface area contributed by atoms with Gasteiger partial charge in [0.15, 0.2) is 9.84 Å². The van der Waals surface area contributed by atoms with Crippen molar-refractivity contribution in [2.45, 2.75) is 17.8 Å². The molecule has 0 saturated carbocycles. The van der Waals surface area contributed by atoms with E-state index in [4.69, 9.17) is 23.2 Å². The summed E-state index contributed by atoms with van der Waals surface area (Å²) in [5.74, 6) is -0.436. The van der Waals surface area contributed by atoms with Gasteiger partial charge in [0.2, 0.25) is 5.91 Å². The Morgan fingerprint density at radius 1 is 1.37 bits per heavy atom. The van der Waals surface area contributed by atoms with Crippen LogP contribution in [-0.4, -0.2) is 37.2 Å². The molecule has 19 heavy (non-hydrogen) atoms. The number of halogens is 2. The lowest BCUT2D eigenvalue weighted by molar-refractivity contribution is -0.120. The molecule has 0 bridgehead atoms. The van der Waals surface area contributed by atoms with Crippen LogP contribution in [0.2, 0.25) is 5.02 Å². The Kier molecular flexibility index (Phi) is 4.38. The van der Waals surface area contributed by atoms with E-state index in [1.165, 1.54) is 0 Å². The van der Waals surface area contributed by atoms with E-state index < -0.39 is 21.3 Å². The lowest BCUT2D eigenvalue weighted by Gasteiger charge is -2.14. The molecule has 7 heteroatoms. The van der Waals surface area contributed by atoms with Crippen molar-refractivity contribution in [1.29, 1.82) is 0 Å². The molecular formula is C12H13Cl2NO3S. The molecule has 1 heterocycles. The highest BCUT2D eigenvalue weighted by Crippen LogP contribution is 2.18. The van der Waals surface area contributed by atoms with Crippen molar-refractivity contribution in [2.24, 2.45) is 0 Å². The fourth-order valence-electron chi connectivity index (χ4n) is 2.03. The van der Waals surface area contributed by atoms with E-state index in [-0.39, 0.29) is 23.8 Å². The molecule has 1 aliphatic rings. The Labute approximate surface area is 122 Å². The summed E-state index contributed by atoms with van der Waals surface area (Å²) in [5, 5.41) is 2.66. The second-order valence-electron chi connectivity index (χ2n) is 4.57. The first kappa shape index (κ1) is 14.6. The summed E-state index contributed by atoms with van der Waals surface area (Å²) in [6.45, 7) is 0. The van der Waals surface area contributed by atoms with Crippen molar-refractivity contribution in [3.05, 3.63) is 34.9 Å². The van der Waals surface area contributed by atoms with Crippen LogP contribution in [0.5, 0.6) is 0 Å². The van der Waals surface area contributed by atoms with E-state index in [2.05, 4.69) is 5.32 Å². The minimum absolute atomic E-state index is 0.0866. The van der Waals surface area contributed by atoms with Gasteiger partial charge in [0.05, 0.1) is 29.3 Å². The van der Waals surface area contributed by atoms with E-state index in [1.54, 1.807) is 24.3 Å². The van der Waals surface area contributed by atoms with Gasteiger partial charge in [-0.05, 0) is 17.7 Å². The predicted octanol–water partition coefficient (Wildman–Crippen LogP) is 1.40. The van der Waals surface area contributed by atoms with Crippen molar-refractivity contribution in [2.75, 3.05) is 11.5 Å². The van der Waals surface area contributed by atoms with E-state index in [9.17, 15) is 13.2 Å². The van der Waals surface area contributed by atoms with Crippen molar-refractivity contribution < 1.29 is 13.2 Å². The molecule has 0 aliphatic carbocycles. The number of amides is 1. The van der Waals surface area contributed by atoms with Crippen LogP contribution in [0.1, 0.15) is 5.56 Å². The van der Waals surface area contributed by atoms with Crippen molar-refractivity contribution >= 4 is 38.9 Å². The van der Waals surface area contributed by atoms with Crippen LogP contribution in [0.3, 0.4) is 0 Å². The van der Waals surface area contributed by atoms with Gasteiger partial charge >= 0.3 is 0 Å². The molecule has 1 aromatic carbocycles. The van der Waals surface area contributed by atoms with E-state index >= 15 is 0 Å². The Morgan fingerprint density at radius 3 is 2.68 bits per heavy atom. The Morgan fingerprint density at radius 2 is 2.11 bits per heavy atom. The second kappa shape index (κ2) is 5.69. The molecular weight excluding hydrogens is 309 g/mol. The largest absolute Gasteiger partial charge is 0.351 e. The molecule has 1 aromatic rings. The number of rotatable bonds is 3. The number of hydrogen-bond acceptors (Lipinski definition) is 3. The molecule has 1 aliphatic heterocycles. The minimum atomic E-state index is -3.14. The van der Waals surface area contributed by atoms with Gasteiger partial charge in [-0.3, -0.25) is 4.79 Å². The third-order valence-corrected chi connectivity index (χ3v) is 5.49. The fraction of sp³-hybridized carbons (Fsp3) is 0.417. The Bertz CT molecular complexity index is 588. The van der Waals surface area contributed by atoms with Gasteiger partial charge in [-0.25, -0.2) is 8.42 Å². The topological polar surface area (TPSA) is 63.2 Å². The molecule has 0 spiro atoms. The molecule has 4 nitrogen and oxygen atoms in total. The molecule has 0 radical (unpaired) electrons. The average molecular weight is 322 g/mol. The number of sulfone groups is 1. The van der Waals surface area contributed by atoms with Crippen molar-refractivity contribution in [3.63, 3.8) is 0 Å². The molecule has 2 rings (SSSR count). The number of hydrogen-bond donors (Lipinski definition) is 1. The number of nitrogens with one attached hydrogen (secondary N) is 1. The highest BCUT2D eigenvalue weighted by Gasteiger charge is 2.37. The maximum absolute atomic E-state index is 11.8. The second-order valence-corrected chi connectivity index (χ2v) is 7.72. The molecule has 1 fully saturated rings. The molecule has 2 unspecified atom stereocenters. The summed E-state index contributed by atoms with van der Waals surface area (Å²) in [4.78, 5) is 11.8. The van der Waals surface area contributed by atoms with Crippen LogP contribution in [0.25, 0.3) is 0 Å². The highest BCUT2D eigenvalue weighted by atomic mass is 35.5. The summed E-state index contributed by atoms with van der Waals surface area (Å²) >= 11 is 11.7. The maximum Gasteiger partial charge on any atom is 0.224 e. The average Bonchev–Trinajstić information content (AvgIpc) is 2.51. The summed E-state index contributed by atoms with van der Waals surface area (Å²) < 4.78 is 22.8. The minimum Gasteiger partial charge on any atom is -0.351 e. The zero-order chi connectivity index (χ0) is 14.0. The smallest absolute Gasteiger partial charge is 0.224 e. The predicted molar refractivity (Wildman–Crippen MR) is 75.4 cm³/mol. The van der Waals surface area contributed by atoms with Gasteiger partial charge in [-0.2, -0.15) is 0 Å². The standard InChI is InChI=1S/C12H13Cl2NO3S/c13-9-3-1-2-8(4-9)5-12(16)15-11-7-19(17,18)6-10(11)14/h1-4,10-11H,5-7H2,(H,15,16). The number of carbonyl (C=O) groups excluding carboxylic acids is 1. The maximum atomic E-state index is 11.8. The molecule has 1 saturated heterocycles. The van der Waals surface area contributed by atoms with E-state index in [0.717, 1.165) is 5.56 Å². The van der Waals surface area contributed by atoms with Gasteiger partial charge < -0.3 is 5.32 Å². The molecule has 1 amide bonds. The highest BCUT2D eigenvalue weighted by molar-refractivity contribution is 7.91. The van der Waals surface area contributed by atoms with Gasteiger partial charge in [0.25, 0.3) is 0 Å². The molecule has 0 aromatic heterocycles. The molecule has 1 N–H and O–H groups in total. The van der Waals surface area contributed by atoms with Crippen LogP contribution < -0.4 is 5.32 Å². The van der Waals surface area contributed by atoms with Gasteiger partial charge in [0, 0.05) is 5.02 Å². The molecule has 104 valence electrons. The summed E-state index contributed by atoms with van der Waals surface area (Å²) in [6.07, 6.45) is 0.153. The summed E-state index contributed by atoms with van der Waals surface area (Å²) in [5.41, 5.74) is 0.775. The number of carbonyl (C=O) groups is 1. The Balaban J connectivity index is 1.95. The zero-order valence-corrected chi connectivity index (χ0v) is 12.3. The third-order valence-electron chi connectivity index (χ3n) is 2.88. The van der Waals surface area contributed by atoms with Crippen LogP contribution in [-0.2, 0) is 21.1 Å². The number of alkyl halides is 1. The first-order valence-electron chi connectivity index (χ1n) is 5.74. The van der Waals surface area contributed by atoms with Gasteiger partial charge in [0.1, 0.15) is 0 Å². The first-order valence-corrected chi connectivity index (χ1v) is 8.37. The van der Waals surface area contributed by atoms with Crippen molar-refractivity contribution in [3.8, 4) is 0 Å². The van der Waals surface area contributed by atoms with E-state index in [0.29, 0.717) is 5.02 Å². The first-order chi connectivity index (χ1) is 8.85. The number of benzene rings is 1. The van der Waals surface area contributed by atoms with Gasteiger partial charge in [-0.15, -0.1) is 11.6 Å². The van der Waals surface area contributed by atoms with Crippen LogP contribution in [0.15, 0.2) is 24.3 Å². The van der Waals surface area contributed by atoms with Crippen molar-refractivity contribution in [1.82, 2.24) is 5.32 Å². The van der Waals surface area contributed by atoms with Crippen LogP contribution in [0.4, 0.5) is 0 Å². The zero-order valence-electron chi connectivity index (χ0n) is 9.97. The lowest BCUT2D eigenvalue weighted by Crippen LogP contribution is -2.41. The SMILES string of the molecule is O=C(Cc1cccc(Cl)c1)NC1CS(=O)(=O)CC1Cl. The summed E-state index contributed by atoms with van der Waals surface area (Å²) in [6, 6.07) is 6.45. The summed E-state index contributed by atoms with van der Waals surface area (Å²) in [7, 11) is -3.14. The normalized spacial score (nSPS) is 25.2. The quantitative estimate of drug-likeness (QED) is 0.856. The van der Waals surface area contributed by atoms with Crippen LogP contribution >= 0.6 is 23.2 Å². The Hall–Kier alpha value is -0.780. The van der Waals surface area contributed by atoms with E-state index in [1.807, 2.05) is 0 Å². The lowest BCUT2D eigenvalue weighted by atomic mass is 10.1. The molecule has 2 atom stereocenters. The van der Waals surface area contributed by atoms with Crippen LogP contribution in [0, 0.1) is 0 Å². The third kappa shape index (κ3) is 4.09. The fourth-order valence-corrected chi connectivity index (χ4v) is 4.79.